The summed E-state index contributed by atoms with van der Waals surface area (Å²) in [5, 5.41) is 8.76. The topological polar surface area (TPSA) is 40.5 Å². The summed E-state index contributed by atoms with van der Waals surface area (Å²) in [6.07, 6.45) is 0. The Morgan fingerprint density at radius 3 is 2.50 bits per heavy atom. The van der Waals surface area contributed by atoms with Gasteiger partial charge in [0.05, 0.1) is 6.54 Å². The fourth-order valence-electron chi connectivity index (χ4n) is 1.77. The maximum atomic E-state index is 10.6. The monoisotopic (exact) mass is 221 g/mol. The largest absolute Gasteiger partial charge is 0.480 e. The van der Waals surface area contributed by atoms with Crippen molar-refractivity contribution in [3.63, 3.8) is 0 Å². The molecule has 0 spiro atoms. The number of hydrogen-bond donors (Lipinski definition) is 1. The van der Waals surface area contributed by atoms with Gasteiger partial charge in [0.15, 0.2) is 0 Å². The van der Waals surface area contributed by atoms with Crippen LogP contribution in [-0.4, -0.2) is 35.6 Å². The first-order valence-corrected chi connectivity index (χ1v) is 5.62. The van der Waals surface area contributed by atoms with Crippen molar-refractivity contribution in [2.75, 3.05) is 19.6 Å². The number of likely N-dealkylation sites (N-methyl/N-ethyl adjacent to an activating group) is 1. The molecule has 0 radical (unpaired) electrons. The molecule has 1 aromatic rings. The highest BCUT2D eigenvalue weighted by molar-refractivity contribution is 5.69. The molecule has 88 valence electrons. The standard InChI is InChI=1S/C13H19NO2/c1-3-14(10-13(15)16)9-11(2)12-7-5-4-6-8-12/h4-8,11H,3,9-10H2,1-2H3,(H,15,16). The normalized spacial score (nSPS) is 12.7. The quantitative estimate of drug-likeness (QED) is 0.800. The molecule has 0 aromatic heterocycles. The van der Waals surface area contributed by atoms with Crippen LogP contribution in [0.15, 0.2) is 30.3 Å². The smallest absolute Gasteiger partial charge is 0.317 e. The fourth-order valence-corrected chi connectivity index (χ4v) is 1.77. The van der Waals surface area contributed by atoms with E-state index in [1.54, 1.807) is 0 Å². The first-order chi connectivity index (χ1) is 7.63. The van der Waals surface area contributed by atoms with Crippen LogP contribution in [0.25, 0.3) is 0 Å². The summed E-state index contributed by atoms with van der Waals surface area (Å²) in [5.74, 6) is -0.400. The molecule has 1 rings (SSSR count). The van der Waals surface area contributed by atoms with Gasteiger partial charge in [-0.3, -0.25) is 9.69 Å². The molecule has 0 aliphatic heterocycles. The van der Waals surface area contributed by atoms with Crippen LogP contribution in [0.4, 0.5) is 0 Å². The van der Waals surface area contributed by atoms with Crippen molar-refractivity contribution < 1.29 is 9.90 Å². The molecule has 0 amide bonds. The Balaban J connectivity index is 2.55. The van der Waals surface area contributed by atoms with E-state index >= 15 is 0 Å². The molecular formula is C13H19NO2. The third-order valence-corrected chi connectivity index (χ3v) is 2.71. The van der Waals surface area contributed by atoms with E-state index in [1.165, 1.54) is 5.56 Å². The van der Waals surface area contributed by atoms with Crippen LogP contribution in [0.1, 0.15) is 25.3 Å². The summed E-state index contributed by atoms with van der Waals surface area (Å²) in [4.78, 5) is 12.6. The number of carboxylic acid groups (broad SMARTS) is 1. The van der Waals surface area contributed by atoms with Crippen LogP contribution < -0.4 is 0 Å². The van der Waals surface area contributed by atoms with Crippen LogP contribution in [0.5, 0.6) is 0 Å². The minimum atomic E-state index is -0.762. The van der Waals surface area contributed by atoms with E-state index in [9.17, 15) is 4.79 Å². The SMILES string of the molecule is CCN(CC(=O)O)CC(C)c1ccccc1. The number of nitrogens with zero attached hydrogens (tertiary/aromatic N) is 1. The molecule has 3 nitrogen and oxygen atoms in total. The number of carboxylic acids is 1. The Labute approximate surface area is 96.7 Å². The number of rotatable bonds is 6. The predicted octanol–water partition coefficient (Wildman–Crippen LogP) is 2.20. The van der Waals surface area contributed by atoms with Gasteiger partial charge in [-0.1, -0.05) is 44.2 Å². The maximum Gasteiger partial charge on any atom is 0.317 e. The van der Waals surface area contributed by atoms with Gasteiger partial charge in [0.1, 0.15) is 0 Å². The van der Waals surface area contributed by atoms with E-state index in [4.69, 9.17) is 5.11 Å². The number of carbonyl (C=O) groups is 1. The number of hydrogen-bond acceptors (Lipinski definition) is 2. The zero-order valence-electron chi connectivity index (χ0n) is 9.89. The van der Waals surface area contributed by atoms with Crippen LogP contribution in [0.2, 0.25) is 0 Å². The zero-order valence-corrected chi connectivity index (χ0v) is 9.89. The van der Waals surface area contributed by atoms with Crippen LogP contribution in [-0.2, 0) is 4.79 Å². The zero-order chi connectivity index (χ0) is 12.0. The third-order valence-electron chi connectivity index (χ3n) is 2.71. The van der Waals surface area contributed by atoms with E-state index in [1.807, 2.05) is 30.0 Å². The van der Waals surface area contributed by atoms with E-state index in [0.717, 1.165) is 13.1 Å². The average Bonchev–Trinajstić information content (AvgIpc) is 2.28. The Morgan fingerprint density at radius 2 is 2.00 bits per heavy atom. The second-order valence-corrected chi connectivity index (χ2v) is 4.03. The van der Waals surface area contributed by atoms with E-state index in [0.29, 0.717) is 5.92 Å². The third kappa shape index (κ3) is 4.03. The minimum Gasteiger partial charge on any atom is -0.480 e. The lowest BCUT2D eigenvalue weighted by Crippen LogP contribution is -2.32. The van der Waals surface area contributed by atoms with Crippen LogP contribution >= 0.6 is 0 Å². The summed E-state index contributed by atoms with van der Waals surface area (Å²) in [5.41, 5.74) is 1.26. The fraction of sp³-hybridized carbons (Fsp3) is 0.462. The molecule has 0 aliphatic rings. The van der Waals surface area contributed by atoms with Crippen LogP contribution in [0.3, 0.4) is 0 Å². The summed E-state index contributed by atoms with van der Waals surface area (Å²) >= 11 is 0. The van der Waals surface area contributed by atoms with Crippen molar-refractivity contribution in [3.05, 3.63) is 35.9 Å². The summed E-state index contributed by atoms with van der Waals surface area (Å²) in [6, 6.07) is 10.2. The number of aliphatic carboxylic acids is 1. The molecule has 3 heteroatoms. The number of benzene rings is 1. The molecule has 1 N–H and O–H groups in total. The Kier molecular flexibility index (Phi) is 4.99. The van der Waals surface area contributed by atoms with E-state index in [2.05, 4.69) is 19.1 Å². The molecule has 0 fully saturated rings. The average molecular weight is 221 g/mol. The highest BCUT2D eigenvalue weighted by Crippen LogP contribution is 2.15. The maximum absolute atomic E-state index is 10.6. The van der Waals surface area contributed by atoms with Gasteiger partial charge in [-0.15, -0.1) is 0 Å². The highest BCUT2D eigenvalue weighted by Gasteiger charge is 2.12. The first kappa shape index (κ1) is 12.7. The van der Waals surface area contributed by atoms with Crippen molar-refractivity contribution in [2.24, 2.45) is 0 Å². The molecule has 0 saturated heterocycles. The van der Waals surface area contributed by atoms with Gasteiger partial charge in [0.25, 0.3) is 0 Å². The highest BCUT2D eigenvalue weighted by atomic mass is 16.4. The van der Waals surface area contributed by atoms with E-state index < -0.39 is 5.97 Å². The molecule has 0 aliphatic carbocycles. The minimum absolute atomic E-state index is 0.119. The van der Waals surface area contributed by atoms with Crippen molar-refractivity contribution in [1.82, 2.24) is 4.90 Å². The van der Waals surface area contributed by atoms with Gasteiger partial charge in [0, 0.05) is 6.54 Å². The lowest BCUT2D eigenvalue weighted by Gasteiger charge is -2.22. The molecule has 16 heavy (non-hydrogen) atoms. The first-order valence-electron chi connectivity index (χ1n) is 5.62. The molecule has 0 heterocycles. The molecular weight excluding hydrogens is 202 g/mol. The molecule has 0 saturated carbocycles. The van der Waals surface area contributed by atoms with Crippen molar-refractivity contribution in [3.8, 4) is 0 Å². The Hall–Kier alpha value is -1.35. The summed E-state index contributed by atoms with van der Waals surface area (Å²) < 4.78 is 0. The Morgan fingerprint density at radius 1 is 1.38 bits per heavy atom. The second kappa shape index (κ2) is 6.28. The predicted molar refractivity (Wildman–Crippen MR) is 64.6 cm³/mol. The Bertz CT molecular complexity index is 324. The van der Waals surface area contributed by atoms with Gasteiger partial charge in [-0.2, -0.15) is 0 Å². The van der Waals surface area contributed by atoms with Gasteiger partial charge >= 0.3 is 5.97 Å². The van der Waals surface area contributed by atoms with Gasteiger partial charge in [-0.25, -0.2) is 0 Å². The molecule has 0 bridgehead atoms. The summed E-state index contributed by atoms with van der Waals surface area (Å²) in [6.45, 7) is 5.78. The van der Waals surface area contributed by atoms with Gasteiger partial charge in [-0.05, 0) is 18.0 Å². The van der Waals surface area contributed by atoms with Crippen LogP contribution in [0, 0.1) is 0 Å². The lowest BCUT2D eigenvalue weighted by molar-refractivity contribution is -0.138. The molecule has 1 unspecified atom stereocenters. The van der Waals surface area contributed by atoms with Gasteiger partial charge < -0.3 is 5.11 Å². The summed E-state index contributed by atoms with van der Waals surface area (Å²) in [7, 11) is 0. The van der Waals surface area contributed by atoms with Crippen molar-refractivity contribution >= 4 is 5.97 Å². The molecule has 1 aromatic carbocycles. The molecule has 1 atom stereocenters. The van der Waals surface area contributed by atoms with Crippen molar-refractivity contribution in [2.45, 2.75) is 19.8 Å². The van der Waals surface area contributed by atoms with E-state index in [-0.39, 0.29) is 6.54 Å². The van der Waals surface area contributed by atoms with Crippen molar-refractivity contribution in [1.29, 1.82) is 0 Å². The lowest BCUT2D eigenvalue weighted by atomic mass is 10.0. The second-order valence-electron chi connectivity index (χ2n) is 4.03. The van der Waals surface area contributed by atoms with Gasteiger partial charge in [0.2, 0.25) is 0 Å².